The molecule has 5 heteroatoms. The molecule has 2 heterocycles. The second-order valence-electron chi connectivity index (χ2n) is 4.87. The monoisotopic (exact) mass is 226 g/mol. The number of hydrogen-bond donors (Lipinski definition) is 1. The summed E-state index contributed by atoms with van der Waals surface area (Å²) in [5.74, 6) is 0.260. The molecule has 2 aliphatic rings. The van der Waals surface area contributed by atoms with E-state index in [0.717, 1.165) is 6.41 Å². The molecule has 2 rings (SSSR count). The summed E-state index contributed by atoms with van der Waals surface area (Å²) in [6.45, 7) is 4.11. The first-order valence-corrected chi connectivity index (χ1v) is 5.72. The van der Waals surface area contributed by atoms with Crippen molar-refractivity contribution in [2.45, 2.75) is 25.4 Å². The van der Waals surface area contributed by atoms with E-state index in [4.69, 9.17) is 0 Å². The van der Waals surface area contributed by atoms with E-state index in [1.165, 1.54) is 0 Å². The Kier molecular flexibility index (Phi) is 2.88. The van der Waals surface area contributed by atoms with Gasteiger partial charge in [-0.25, -0.2) is 0 Å². The zero-order valence-electron chi connectivity index (χ0n) is 9.56. The summed E-state index contributed by atoms with van der Waals surface area (Å²) in [7, 11) is 0. The maximum Gasteiger partial charge on any atom is 0.219 e. The molecule has 0 spiro atoms. The molecule has 0 aliphatic carbocycles. The van der Waals surface area contributed by atoms with Crippen LogP contribution < -0.4 is 0 Å². The highest BCUT2D eigenvalue weighted by Gasteiger charge is 2.46. The molecule has 2 saturated heterocycles. The highest BCUT2D eigenvalue weighted by Crippen LogP contribution is 2.35. The topological polar surface area (TPSA) is 60.9 Å². The largest absolute Gasteiger partial charge is 0.389 e. The summed E-state index contributed by atoms with van der Waals surface area (Å²) in [6.07, 6.45) is 2.09. The zero-order valence-corrected chi connectivity index (χ0v) is 9.56. The number of carbonyl (C=O) groups is 2. The first-order chi connectivity index (χ1) is 7.55. The van der Waals surface area contributed by atoms with Crippen molar-refractivity contribution in [2.75, 3.05) is 26.2 Å². The number of amides is 2. The maximum atomic E-state index is 11.0. The molecular formula is C11H18N2O3. The van der Waals surface area contributed by atoms with E-state index in [0.29, 0.717) is 39.0 Å². The Morgan fingerprint density at radius 2 is 1.94 bits per heavy atom. The van der Waals surface area contributed by atoms with E-state index in [9.17, 15) is 14.7 Å². The molecule has 16 heavy (non-hydrogen) atoms. The van der Waals surface area contributed by atoms with Crippen molar-refractivity contribution in [3.05, 3.63) is 0 Å². The fourth-order valence-corrected chi connectivity index (χ4v) is 2.50. The van der Waals surface area contributed by atoms with Gasteiger partial charge >= 0.3 is 0 Å². The Balaban J connectivity index is 1.86. The minimum atomic E-state index is -0.675. The Morgan fingerprint density at radius 1 is 1.38 bits per heavy atom. The van der Waals surface area contributed by atoms with E-state index in [2.05, 4.69) is 0 Å². The van der Waals surface area contributed by atoms with Gasteiger partial charge in [-0.05, 0) is 12.8 Å². The lowest BCUT2D eigenvalue weighted by Gasteiger charge is -2.50. The third kappa shape index (κ3) is 1.91. The van der Waals surface area contributed by atoms with Gasteiger partial charge in [-0.3, -0.25) is 9.59 Å². The van der Waals surface area contributed by atoms with Gasteiger partial charge in [0.25, 0.3) is 0 Å². The zero-order chi connectivity index (χ0) is 11.8. The van der Waals surface area contributed by atoms with Crippen LogP contribution in [0.15, 0.2) is 0 Å². The highest BCUT2D eigenvalue weighted by atomic mass is 16.3. The van der Waals surface area contributed by atoms with Crippen molar-refractivity contribution >= 4 is 12.3 Å². The van der Waals surface area contributed by atoms with Gasteiger partial charge in [-0.15, -0.1) is 0 Å². The maximum absolute atomic E-state index is 11.0. The lowest BCUT2D eigenvalue weighted by Crippen LogP contribution is -2.61. The molecule has 2 aliphatic heterocycles. The first kappa shape index (κ1) is 11.4. The van der Waals surface area contributed by atoms with Gasteiger partial charge in [0.15, 0.2) is 0 Å². The van der Waals surface area contributed by atoms with Crippen molar-refractivity contribution in [3.63, 3.8) is 0 Å². The van der Waals surface area contributed by atoms with E-state index in [1.807, 2.05) is 0 Å². The number of aliphatic hydroxyl groups is 1. The van der Waals surface area contributed by atoms with E-state index in [1.54, 1.807) is 16.7 Å². The molecule has 0 aromatic rings. The number of rotatable bonds is 2. The molecule has 90 valence electrons. The molecule has 1 N–H and O–H groups in total. The number of piperidine rings is 1. The van der Waals surface area contributed by atoms with Gasteiger partial charge in [0, 0.05) is 39.0 Å². The molecule has 2 fully saturated rings. The van der Waals surface area contributed by atoms with Crippen LogP contribution in [0.4, 0.5) is 0 Å². The third-order valence-corrected chi connectivity index (χ3v) is 3.90. The molecule has 0 radical (unpaired) electrons. The van der Waals surface area contributed by atoms with Crippen LogP contribution >= 0.6 is 0 Å². The summed E-state index contributed by atoms with van der Waals surface area (Å²) in [6, 6.07) is 0. The Bertz CT molecular complexity index is 292. The fraction of sp³-hybridized carbons (Fsp3) is 0.818. The summed E-state index contributed by atoms with van der Waals surface area (Å²) in [5, 5.41) is 10.4. The second kappa shape index (κ2) is 4.05. The quantitative estimate of drug-likeness (QED) is 0.643. The van der Waals surface area contributed by atoms with Crippen molar-refractivity contribution in [1.29, 1.82) is 0 Å². The van der Waals surface area contributed by atoms with Crippen LogP contribution in [0.1, 0.15) is 19.8 Å². The van der Waals surface area contributed by atoms with Crippen molar-refractivity contribution in [1.82, 2.24) is 9.80 Å². The highest BCUT2D eigenvalue weighted by molar-refractivity contribution is 5.74. The Labute approximate surface area is 95.0 Å². The van der Waals surface area contributed by atoms with E-state index < -0.39 is 5.60 Å². The van der Waals surface area contributed by atoms with Gasteiger partial charge in [-0.1, -0.05) is 0 Å². The predicted molar refractivity (Wildman–Crippen MR) is 57.6 cm³/mol. The Hall–Kier alpha value is -1.10. The molecule has 0 aromatic heterocycles. The smallest absolute Gasteiger partial charge is 0.219 e. The summed E-state index contributed by atoms with van der Waals surface area (Å²) >= 11 is 0. The molecule has 0 aromatic carbocycles. The van der Waals surface area contributed by atoms with Crippen molar-refractivity contribution in [2.24, 2.45) is 5.92 Å². The van der Waals surface area contributed by atoms with Crippen molar-refractivity contribution < 1.29 is 14.7 Å². The minimum Gasteiger partial charge on any atom is -0.389 e. The lowest BCUT2D eigenvalue weighted by molar-refractivity contribution is -0.151. The summed E-state index contributed by atoms with van der Waals surface area (Å²) in [4.78, 5) is 25.0. The number of carbonyl (C=O) groups excluding carboxylic acids is 2. The second-order valence-corrected chi connectivity index (χ2v) is 4.87. The van der Waals surface area contributed by atoms with Crippen LogP contribution in [0.3, 0.4) is 0 Å². The van der Waals surface area contributed by atoms with Gasteiger partial charge in [0.1, 0.15) is 0 Å². The van der Waals surface area contributed by atoms with Crippen LogP contribution in [0.5, 0.6) is 0 Å². The third-order valence-electron chi connectivity index (χ3n) is 3.90. The minimum absolute atomic E-state index is 0.0742. The van der Waals surface area contributed by atoms with Gasteiger partial charge in [0.2, 0.25) is 12.3 Å². The van der Waals surface area contributed by atoms with Crippen LogP contribution in [0.25, 0.3) is 0 Å². The average Bonchev–Trinajstić information content (AvgIpc) is 2.15. The summed E-state index contributed by atoms with van der Waals surface area (Å²) in [5.41, 5.74) is -0.675. The SMILES string of the molecule is CC(=O)N1CC(C2(O)CCN(C=O)CC2)C1. The number of hydrogen-bond acceptors (Lipinski definition) is 3. The summed E-state index contributed by atoms with van der Waals surface area (Å²) < 4.78 is 0. The Morgan fingerprint density at radius 3 is 2.38 bits per heavy atom. The molecule has 0 atom stereocenters. The van der Waals surface area contributed by atoms with Crippen LogP contribution in [-0.2, 0) is 9.59 Å². The first-order valence-electron chi connectivity index (χ1n) is 5.72. The average molecular weight is 226 g/mol. The van der Waals surface area contributed by atoms with Crippen LogP contribution in [0.2, 0.25) is 0 Å². The van der Waals surface area contributed by atoms with E-state index in [-0.39, 0.29) is 11.8 Å². The molecule has 0 unspecified atom stereocenters. The van der Waals surface area contributed by atoms with Crippen molar-refractivity contribution in [3.8, 4) is 0 Å². The van der Waals surface area contributed by atoms with Gasteiger partial charge in [-0.2, -0.15) is 0 Å². The van der Waals surface area contributed by atoms with Crippen LogP contribution in [0, 0.1) is 5.92 Å². The molecule has 0 bridgehead atoms. The lowest BCUT2D eigenvalue weighted by atomic mass is 9.75. The molecule has 0 saturated carbocycles. The molecule has 2 amide bonds. The van der Waals surface area contributed by atoms with E-state index >= 15 is 0 Å². The van der Waals surface area contributed by atoms with Gasteiger partial charge in [0.05, 0.1) is 5.60 Å². The van der Waals surface area contributed by atoms with Gasteiger partial charge < -0.3 is 14.9 Å². The standard InChI is InChI=1S/C11H18N2O3/c1-9(15)13-6-10(7-13)11(16)2-4-12(8-14)5-3-11/h8,10,16H,2-7H2,1H3. The molecule has 5 nitrogen and oxygen atoms in total. The number of likely N-dealkylation sites (tertiary alicyclic amines) is 2. The number of nitrogens with zero attached hydrogens (tertiary/aromatic N) is 2. The fourth-order valence-electron chi connectivity index (χ4n) is 2.50. The predicted octanol–water partition coefficient (Wildman–Crippen LogP) is -0.552. The normalized spacial score (nSPS) is 25.1. The van der Waals surface area contributed by atoms with Crippen LogP contribution in [-0.4, -0.2) is 59.0 Å². The molecular weight excluding hydrogens is 208 g/mol.